The third-order valence-electron chi connectivity index (χ3n) is 7.40. The van der Waals surface area contributed by atoms with Crippen LogP contribution in [0.3, 0.4) is 0 Å². The Kier molecular flexibility index (Phi) is 10.6. The Morgan fingerprint density at radius 3 is 2.61 bits per heavy atom. The highest BCUT2D eigenvalue weighted by molar-refractivity contribution is 6.42. The average Bonchev–Trinajstić information content (AvgIpc) is 2.95. The number of carbonyl (C=O) groups is 2. The predicted molar refractivity (Wildman–Crippen MR) is 163 cm³/mol. The zero-order valence-corrected chi connectivity index (χ0v) is 24.5. The summed E-state index contributed by atoms with van der Waals surface area (Å²) in [6.07, 6.45) is 3.90. The third kappa shape index (κ3) is 7.75. The van der Waals surface area contributed by atoms with Crippen LogP contribution in [0.15, 0.2) is 70.9 Å². The number of rotatable bonds is 9. The van der Waals surface area contributed by atoms with E-state index in [0.29, 0.717) is 58.6 Å². The van der Waals surface area contributed by atoms with E-state index >= 15 is 0 Å². The van der Waals surface area contributed by atoms with Gasteiger partial charge in [-0.25, -0.2) is 0 Å². The number of allylic oxidation sites excluding steroid dienone is 1. The van der Waals surface area contributed by atoms with Gasteiger partial charge in [0.05, 0.1) is 35.2 Å². The molecule has 1 aliphatic carbocycles. The van der Waals surface area contributed by atoms with Crippen LogP contribution in [0, 0.1) is 5.92 Å². The molecule has 11 heteroatoms. The summed E-state index contributed by atoms with van der Waals surface area (Å²) in [6.45, 7) is 6.00. The van der Waals surface area contributed by atoms with Gasteiger partial charge in [0.25, 0.3) is 5.91 Å². The van der Waals surface area contributed by atoms with Crippen molar-refractivity contribution in [3.05, 3.63) is 92.6 Å². The van der Waals surface area contributed by atoms with Crippen LogP contribution >= 0.6 is 23.2 Å². The molecule has 0 aromatic heterocycles. The Labute approximate surface area is 250 Å². The Morgan fingerprint density at radius 1 is 1.15 bits per heavy atom. The molecule has 41 heavy (non-hydrogen) atoms. The maximum Gasteiger partial charge on any atom is 0.278 e. The van der Waals surface area contributed by atoms with Crippen molar-refractivity contribution in [2.75, 3.05) is 32.8 Å². The van der Waals surface area contributed by atoms with Gasteiger partial charge in [-0.2, -0.15) is 4.99 Å². The molecule has 0 radical (unpaired) electrons. The van der Waals surface area contributed by atoms with E-state index in [0.717, 1.165) is 25.2 Å². The molecule has 3 atom stereocenters. The standard InChI is InChI=1S/C30H36Cl2N6O3/c1-18-26(36-30(40)22(9-10-33)20-5-6-23(31)24(32)16-20)8-7-25(34)27(18)28(35)37-29(39)21-4-2-3-19(15-21)17-38-11-13-41-14-12-38/h2-8,15-16,18,22,26H,9-14,17,33-34H2,1H3,(H,36,40)(H2,35,37,39). The van der Waals surface area contributed by atoms with Gasteiger partial charge in [-0.1, -0.05) is 54.4 Å². The fourth-order valence-corrected chi connectivity index (χ4v) is 5.43. The van der Waals surface area contributed by atoms with Crippen LogP contribution in [0.1, 0.15) is 40.7 Å². The van der Waals surface area contributed by atoms with E-state index in [-0.39, 0.29) is 17.7 Å². The highest BCUT2D eigenvalue weighted by Crippen LogP contribution is 2.30. The van der Waals surface area contributed by atoms with Gasteiger partial charge in [0.2, 0.25) is 5.91 Å². The number of benzene rings is 2. The molecule has 0 spiro atoms. The van der Waals surface area contributed by atoms with Crippen molar-refractivity contribution in [3.8, 4) is 0 Å². The van der Waals surface area contributed by atoms with Crippen LogP contribution in [0.5, 0.6) is 0 Å². The smallest absolute Gasteiger partial charge is 0.278 e. The lowest BCUT2D eigenvalue weighted by molar-refractivity contribution is -0.123. The van der Waals surface area contributed by atoms with Gasteiger partial charge in [-0.15, -0.1) is 0 Å². The number of carbonyl (C=O) groups excluding carboxylic acids is 2. The second kappa shape index (κ2) is 14.1. The topological polar surface area (TPSA) is 149 Å². The summed E-state index contributed by atoms with van der Waals surface area (Å²) >= 11 is 12.3. The largest absolute Gasteiger partial charge is 0.398 e. The molecule has 1 fully saturated rings. The normalized spacial score (nSPS) is 20.6. The molecule has 9 nitrogen and oxygen atoms in total. The van der Waals surface area contributed by atoms with Crippen molar-refractivity contribution >= 4 is 40.9 Å². The second-order valence-corrected chi connectivity index (χ2v) is 11.1. The van der Waals surface area contributed by atoms with Crippen molar-refractivity contribution in [2.45, 2.75) is 31.8 Å². The number of amidine groups is 1. The van der Waals surface area contributed by atoms with Gasteiger partial charge in [0.1, 0.15) is 5.84 Å². The molecule has 2 aromatic carbocycles. The zero-order valence-electron chi connectivity index (χ0n) is 23.0. The minimum Gasteiger partial charge on any atom is -0.398 e. The third-order valence-corrected chi connectivity index (χ3v) is 8.14. The summed E-state index contributed by atoms with van der Waals surface area (Å²) in [4.78, 5) is 33.0. The second-order valence-electron chi connectivity index (χ2n) is 10.2. The summed E-state index contributed by atoms with van der Waals surface area (Å²) in [6, 6.07) is 12.0. The Hall–Kier alpha value is -3.21. The van der Waals surface area contributed by atoms with E-state index in [9.17, 15) is 9.59 Å². The molecule has 7 N–H and O–H groups in total. The molecule has 0 saturated carbocycles. The molecule has 2 aromatic rings. The van der Waals surface area contributed by atoms with Crippen LogP contribution in [-0.4, -0.2) is 61.4 Å². The molecular weight excluding hydrogens is 563 g/mol. The van der Waals surface area contributed by atoms with Crippen LogP contribution in [0.25, 0.3) is 0 Å². The molecule has 1 heterocycles. The minimum atomic E-state index is -0.528. The fourth-order valence-electron chi connectivity index (χ4n) is 5.12. The lowest BCUT2D eigenvalue weighted by Crippen LogP contribution is -2.45. The Balaban J connectivity index is 1.47. The SMILES string of the molecule is CC1C(C(N)=NC(=O)c2cccc(CN3CCOCC3)c2)=C(N)C=CC1NC(=O)C(CCN)c1ccc(Cl)c(Cl)c1. The number of aliphatic imine (C=N–C) groups is 1. The number of amides is 2. The van der Waals surface area contributed by atoms with Crippen LogP contribution < -0.4 is 22.5 Å². The highest BCUT2D eigenvalue weighted by Gasteiger charge is 2.30. The quantitative estimate of drug-likeness (QED) is 0.255. The first-order valence-electron chi connectivity index (χ1n) is 13.6. The van der Waals surface area contributed by atoms with E-state index in [1.165, 1.54) is 0 Å². The average molecular weight is 600 g/mol. The minimum absolute atomic E-state index is 0.0187. The number of ether oxygens (including phenoxy) is 1. The van der Waals surface area contributed by atoms with Gasteiger partial charge < -0.3 is 27.3 Å². The van der Waals surface area contributed by atoms with E-state index in [4.69, 9.17) is 45.1 Å². The number of hydrogen-bond acceptors (Lipinski definition) is 6. The first-order valence-corrected chi connectivity index (χ1v) is 14.3. The number of nitrogens with two attached hydrogens (primary N) is 3. The Bertz CT molecular complexity index is 1370. The molecule has 1 aliphatic heterocycles. The lowest BCUT2D eigenvalue weighted by Gasteiger charge is -2.30. The van der Waals surface area contributed by atoms with Crippen molar-refractivity contribution in [1.29, 1.82) is 0 Å². The molecule has 0 bridgehead atoms. The first-order chi connectivity index (χ1) is 19.7. The fraction of sp³-hybridized carbons (Fsp3) is 0.367. The molecular formula is C30H36Cl2N6O3. The van der Waals surface area contributed by atoms with Crippen molar-refractivity contribution in [3.63, 3.8) is 0 Å². The summed E-state index contributed by atoms with van der Waals surface area (Å²) < 4.78 is 5.41. The van der Waals surface area contributed by atoms with E-state index in [1.54, 1.807) is 36.4 Å². The summed E-state index contributed by atoms with van der Waals surface area (Å²) in [5.74, 6) is -1.54. The zero-order chi connectivity index (χ0) is 29.5. The number of halogens is 2. The highest BCUT2D eigenvalue weighted by atomic mass is 35.5. The number of morpholine rings is 1. The van der Waals surface area contributed by atoms with Crippen molar-refractivity contribution < 1.29 is 14.3 Å². The molecule has 218 valence electrons. The summed E-state index contributed by atoms with van der Waals surface area (Å²) in [7, 11) is 0. The predicted octanol–water partition coefficient (Wildman–Crippen LogP) is 3.36. The van der Waals surface area contributed by atoms with Gasteiger partial charge in [-0.3, -0.25) is 14.5 Å². The van der Waals surface area contributed by atoms with Gasteiger partial charge in [0.15, 0.2) is 0 Å². The maximum atomic E-state index is 13.4. The van der Waals surface area contributed by atoms with E-state index in [1.807, 2.05) is 25.1 Å². The molecule has 2 aliphatic rings. The van der Waals surface area contributed by atoms with E-state index in [2.05, 4.69) is 15.2 Å². The summed E-state index contributed by atoms with van der Waals surface area (Å²) in [5.41, 5.74) is 21.5. The van der Waals surface area contributed by atoms with Crippen LogP contribution in [0.4, 0.5) is 0 Å². The molecule has 2 amide bonds. The molecule has 1 saturated heterocycles. The van der Waals surface area contributed by atoms with Gasteiger partial charge in [0, 0.05) is 42.4 Å². The number of nitrogens with one attached hydrogen (secondary N) is 1. The Morgan fingerprint density at radius 2 is 1.90 bits per heavy atom. The van der Waals surface area contributed by atoms with Gasteiger partial charge in [-0.05, 0) is 54.4 Å². The monoisotopic (exact) mass is 598 g/mol. The summed E-state index contributed by atoms with van der Waals surface area (Å²) in [5, 5.41) is 3.84. The van der Waals surface area contributed by atoms with Crippen molar-refractivity contribution in [2.24, 2.45) is 28.1 Å². The first kappa shape index (κ1) is 30.7. The number of hydrogen-bond donors (Lipinski definition) is 4. The molecule has 4 rings (SSSR count). The number of nitrogens with zero attached hydrogens (tertiary/aromatic N) is 2. The van der Waals surface area contributed by atoms with E-state index < -0.39 is 17.9 Å². The molecule has 3 unspecified atom stereocenters. The van der Waals surface area contributed by atoms with Crippen LogP contribution in [-0.2, 0) is 16.1 Å². The maximum absolute atomic E-state index is 13.4. The van der Waals surface area contributed by atoms with Crippen molar-refractivity contribution in [1.82, 2.24) is 10.2 Å². The van der Waals surface area contributed by atoms with Crippen LogP contribution in [0.2, 0.25) is 10.0 Å². The van der Waals surface area contributed by atoms with Gasteiger partial charge >= 0.3 is 0 Å². The lowest BCUT2D eigenvalue weighted by atomic mass is 9.85.